The lowest BCUT2D eigenvalue weighted by Gasteiger charge is -2.36. The SMILES string of the molecule is CC1CCN(C(=O)O)C1CN1C[C@@]2(CCC[C@H](Cn3cnc4ccc(C#N)cc43)C2)OC1=O. The number of fused-ring (bicyclic) bond motifs is 1. The maximum absolute atomic E-state index is 12.8. The number of likely N-dealkylation sites (tertiary alicyclic amines) is 1. The van der Waals surface area contributed by atoms with Crippen LogP contribution >= 0.6 is 0 Å². The summed E-state index contributed by atoms with van der Waals surface area (Å²) >= 11 is 0. The molecule has 2 amide bonds. The van der Waals surface area contributed by atoms with Gasteiger partial charge in [-0.1, -0.05) is 6.92 Å². The number of carboxylic acid groups (broad SMARTS) is 1. The molecular weight excluding hydrogens is 422 g/mol. The fourth-order valence-corrected chi connectivity index (χ4v) is 5.97. The lowest BCUT2D eigenvalue weighted by atomic mass is 9.78. The van der Waals surface area contributed by atoms with Crippen molar-refractivity contribution in [1.82, 2.24) is 19.4 Å². The van der Waals surface area contributed by atoms with Gasteiger partial charge in [0.1, 0.15) is 5.60 Å². The summed E-state index contributed by atoms with van der Waals surface area (Å²) in [4.78, 5) is 32.0. The predicted molar refractivity (Wildman–Crippen MR) is 119 cm³/mol. The molecular formula is C24H29N5O4. The second-order valence-electron chi connectivity index (χ2n) is 9.92. The molecule has 2 unspecified atom stereocenters. The van der Waals surface area contributed by atoms with Gasteiger partial charge in [0.15, 0.2) is 0 Å². The molecule has 1 spiro atoms. The Bertz CT molecular complexity index is 1120. The zero-order valence-electron chi connectivity index (χ0n) is 18.8. The number of carbonyl (C=O) groups is 2. The number of nitrogens with zero attached hydrogens (tertiary/aromatic N) is 5. The highest BCUT2D eigenvalue weighted by molar-refractivity contribution is 5.77. The first kappa shape index (κ1) is 21.6. The number of aromatic nitrogens is 2. The molecule has 9 heteroatoms. The zero-order chi connectivity index (χ0) is 23.2. The summed E-state index contributed by atoms with van der Waals surface area (Å²) in [5.74, 6) is 0.549. The molecule has 1 N–H and O–H groups in total. The van der Waals surface area contributed by atoms with Crippen molar-refractivity contribution in [3.05, 3.63) is 30.1 Å². The van der Waals surface area contributed by atoms with Crippen LogP contribution in [0.4, 0.5) is 9.59 Å². The summed E-state index contributed by atoms with van der Waals surface area (Å²) < 4.78 is 8.07. The maximum Gasteiger partial charge on any atom is 0.410 e. The monoisotopic (exact) mass is 451 g/mol. The van der Waals surface area contributed by atoms with Crippen molar-refractivity contribution < 1.29 is 19.4 Å². The third-order valence-corrected chi connectivity index (χ3v) is 7.69. The Labute approximate surface area is 192 Å². The average molecular weight is 452 g/mol. The number of imidazole rings is 1. The van der Waals surface area contributed by atoms with Crippen molar-refractivity contribution >= 4 is 23.2 Å². The van der Waals surface area contributed by atoms with E-state index in [1.165, 1.54) is 4.90 Å². The largest absolute Gasteiger partial charge is 0.465 e. The second kappa shape index (κ2) is 8.25. The summed E-state index contributed by atoms with van der Waals surface area (Å²) in [6.45, 7) is 4.24. The maximum atomic E-state index is 12.8. The Morgan fingerprint density at radius 2 is 2.21 bits per heavy atom. The lowest BCUT2D eigenvalue weighted by molar-refractivity contribution is 0.00413. The van der Waals surface area contributed by atoms with Gasteiger partial charge in [0, 0.05) is 19.6 Å². The molecule has 3 fully saturated rings. The first-order valence-electron chi connectivity index (χ1n) is 11.7. The van der Waals surface area contributed by atoms with Crippen LogP contribution in [0.3, 0.4) is 0 Å². The van der Waals surface area contributed by atoms with Crippen LogP contribution in [0.2, 0.25) is 0 Å². The molecule has 0 bridgehead atoms. The number of benzene rings is 1. The van der Waals surface area contributed by atoms with Crippen LogP contribution in [-0.2, 0) is 11.3 Å². The number of carbonyl (C=O) groups excluding carboxylic acids is 1. The minimum Gasteiger partial charge on any atom is -0.465 e. The van der Waals surface area contributed by atoms with E-state index in [-0.39, 0.29) is 18.1 Å². The van der Waals surface area contributed by atoms with E-state index in [1.54, 1.807) is 11.0 Å². The van der Waals surface area contributed by atoms with Crippen LogP contribution in [0.5, 0.6) is 0 Å². The molecule has 1 aromatic carbocycles. The highest BCUT2D eigenvalue weighted by Crippen LogP contribution is 2.41. The van der Waals surface area contributed by atoms with Gasteiger partial charge < -0.3 is 24.2 Å². The molecule has 4 atom stereocenters. The van der Waals surface area contributed by atoms with Crippen molar-refractivity contribution in [3.63, 3.8) is 0 Å². The summed E-state index contributed by atoms with van der Waals surface area (Å²) in [5, 5.41) is 18.7. The quantitative estimate of drug-likeness (QED) is 0.759. The molecule has 33 heavy (non-hydrogen) atoms. The molecule has 1 aromatic heterocycles. The summed E-state index contributed by atoms with van der Waals surface area (Å²) in [6, 6.07) is 7.52. The number of rotatable bonds is 4. The number of hydrogen-bond donors (Lipinski definition) is 1. The molecule has 3 heterocycles. The van der Waals surface area contributed by atoms with Gasteiger partial charge in [0.2, 0.25) is 0 Å². The number of hydrogen-bond acceptors (Lipinski definition) is 5. The molecule has 3 aliphatic rings. The first-order valence-corrected chi connectivity index (χ1v) is 11.7. The van der Waals surface area contributed by atoms with Crippen molar-refractivity contribution in [1.29, 1.82) is 5.26 Å². The summed E-state index contributed by atoms with van der Waals surface area (Å²) in [5.41, 5.74) is 1.92. The van der Waals surface area contributed by atoms with Gasteiger partial charge in [-0.15, -0.1) is 0 Å². The van der Waals surface area contributed by atoms with Crippen molar-refractivity contribution in [3.8, 4) is 6.07 Å². The summed E-state index contributed by atoms with van der Waals surface area (Å²) in [6.07, 6.45) is 5.02. The number of ether oxygens (including phenoxy) is 1. The number of nitriles is 1. The Balaban J connectivity index is 1.28. The van der Waals surface area contributed by atoms with Gasteiger partial charge in [-0.3, -0.25) is 0 Å². The third kappa shape index (κ3) is 3.99. The predicted octanol–water partition coefficient (Wildman–Crippen LogP) is 3.68. The third-order valence-electron chi connectivity index (χ3n) is 7.69. The van der Waals surface area contributed by atoms with E-state index in [9.17, 15) is 20.0 Å². The van der Waals surface area contributed by atoms with Crippen molar-refractivity contribution in [2.45, 2.75) is 57.2 Å². The van der Waals surface area contributed by atoms with E-state index in [0.29, 0.717) is 31.1 Å². The lowest BCUT2D eigenvalue weighted by Crippen LogP contribution is -2.46. The van der Waals surface area contributed by atoms with E-state index in [1.807, 2.05) is 18.5 Å². The van der Waals surface area contributed by atoms with E-state index < -0.39 is 11.7 Å². The Hall–Kier alpha value is -3.28. The van der Waals surface area contributed by atoms with Crippen molar-refractivity contribution in [2.24, 2.45) is 11.8 Å². The van der Waals surface area contributed by atoms with Gasteiger partial charge in [-0.2, -0.15) is 5.26 Å². The van der Waals surface area contributed by atoms with Crippen LogP contribution in [0.15, 0.2) is 24.5 Å². The van der Waals surface area contributed by atoms with E-state index >= 15 is 0 Å². The molecule has 174 valence electrons. The molecule has 1 aliphatic carbocycles. The van der Waals surface area contributed by atoms with Gasteiger partial charge >= 0.3 is 12.2 Å². The minimum atomic E-state index is -0.920. The smallest absolute Gasteiger partial charge is 0.410 e. The normalized spacial score (nSPS) is 29.6. The van der Waals surface area contributed by atoms with Crippen LogP contribution in [0.25, 0.3) is 11.0 Å². The highest BCUT2D eigenvalue weighted by Gasteiger charge is 2.49. The van der Waals surface area contributed by atoms with Crippen LogP contribution < -0.4 is 0 Å². The average Bonchev–Trinajstić information content (AvgIpc) is 3.44. The summed E-state index contributed by atoms with van der Waals surface area (Å²) in [7, 11) is 0. The van der Waals surface area contributed by atoms with E-state index in [2.05, 4.69) is 22.5 Å². The molecule has 2 aliphatic heterocycles. The minimum absolute atomic E-state index is 0.184. The van der Waals surface area contributed by atoms with Crippen LogP contribution in [-0.4, -0.2) is 67.9 Å². The zero-order valence-corrected chi connectivity index (χ0v) is 18.8. The Kier molecular flexibility index (Phi) is 5.39. The molecule has 2 aromatic rings. The van der Waals surface area contributed by atoms with Crippen molar-refractivity contribution in [2.75, 3.05) is 19.6 Å². The molecule has 9 nitrogen and oxygen atoms in total. The Morgan fingerprint density at radius 3 is 3.00 bits per heavy atom. The van der Waals surface area contributed by atoms with Crippen LogP contribution in [0.1, 0.15) is 44.6 Å². The van der Waals surface area contributed by atoms with Crippen LogP contribution in [0, 0.1) is 23.2 Å². The second-order valence-corrected chi connectivity index (χ2v) is 9.92. The van der Waals surface area contributed by atoms with Gasteiger partial charge in [-0.25, -0.2) is 14.6 Å². The van der Waals surface area contributed by atoms with Gasteiger partial charge in [0.25, 0.3) is 0 Å². The van der Waals surface area contributed by atoms with E-state index in [4.69, 9.17) is 4.74 Å². The van der Waals surface area contributed by atoms with E-state index in [0.717, 1.165) is 49.7 Å². The topological polar surface area (TPSA) is 112 Å². The molecule has 2 saturated heterocycles. The molecule has 0 radical (unpaired) electrons. The fourth-order valence-electron chi connectivity index (χ4n) is 5.97. The number of amides is 2. The van der Waals surface area contributed by atoms with Gasteiger partial charge in [0.05, 0.1) is 41.6 Å². The first-order chi connectivity index (χ1) is 15.9. The molecule has 1 saturated carbocycles. The fraction of sp³-hybridized carbons (Fsp3) is 0.583. The Morgan fingerprint density at radius 1 is 1.36 bits per heavy atom. The molecule has 5 rings (SSSR count). The van der Waals surface area contributed by atoms with Gasteiger partial charge in [-0.05, 0) is 62.1 Å². The highest BCUT2D eigenvalue weighted by atomic mass is 16.6. The standard InChI is InChI=1S/C24H29N5O4/c1-16-6-8-29(22(30)31)21(16)13-27-14-24(33-23(27)32)7-2-3-18(10-24)12-28-15-26-19-5-4-17(11-25)9-20(19)28/h4-5,9,15-16,18,21H,2-3,6-8,10,12-14H2,1H3,(H,30,31)/t16?,18-,21?,24-/m0/s1.